The molecule has 2 aromatic rings. The largest absolute Gasteiger partial charge is 0.466 e. The van der Waals surface area contributed by atoms with E-state index in [4.69, 9.17) is 16.3 Å². The zero-order valence-corrected chi connectivity index (χ0v) is 17.8. The molecule has 156 valence electrons. The van der Waals surface area contributed by atoms with Gasteiger partial charge in [-0.25, -0.2) is 8.42 Å². The van der Waals surface area contributed by atoms with Gasteiger partial charge in [-0.15, -0.1) is 0 Å². The number of esters is 1. The first-order valence-electron chi connectivity index (χ1n) is 9.06. The monoisotopic (exact) mass is 438 g/mol. The summed E-state index contributed by atoms with van der Waals surface area (Å²) in [6.07, 6.45) is 0.144. The first-order chi connectivity index (χ1) is 13.8. The molecule has 1 amide bonds. The number of carbonyl (C=O) groups excluding carboxylic acids is 2. The molecule has 0 bridgehead atoms. The predicted molar refractivity (Wildman–Crippen MR) is 111 cm³/mol. The molecule has 0 aromatic heterocycles. The molecule has 0 fully saturated rings. The van der Waals surface area contributed by atoms with Gasteiger partial charge in [-0.1, -0.05) is 30.7 Å². The number of rotatable bonds is 9. The molecular weight excluding hydrogens is 416 g/mol. The lowest BCUT2D eigenvalue weighted by atomic mass is 10.1. The van der Waals surface area contributed by atoms with Gasteiger partial charge in [-0.3, -0.25) is 9.59 Å². The number of benzene rings is 2. The zero-order valence-electron chi connectivity index (χ0n) is 16.2. The zero-order chi connectivity index (χ0) is 21.4. The number of nitrogens with zero attached hydrogens (tertiary/aromatic N) is 1. The molecule has 0 saturated heterocycles. The fraction of sp³-hybridized carbons (Fsp3) is 0.300. The molecule has 0 aliphatic heterocycles. The third-order valence-corrected chi connectivity index (χ3v) is 6.20. The molecule has 29 heavy (non-hydrogen) atoms. The van der Waals surface area contributed by atoms with Gasteiger partial charge in [0.1, 0.15) is 0 Å². The van der Waals surface area contributed by atoms with Crippen LogP contribution in [-0.2, 0) is 30.8 Å². The molecule has 2 rings (SSSR count). The Hall–Kier alpha value is -2.42. The molecule has 0 unspecified atom stereocenters. The van der Waals surface area contributed by atoms with Gasteiger partial charge in [-0.05, 0) is 48.9 Å². The summed E-state index contributed by atoms with van der Waals surface area (Å²) in [5.41, 5.74) is 1.25. The number of likely N-dealkylation sites (N-methyl/N-ethyl adjacent to an activating group) is 1. The van der Waals surface area contributed by atoms with Gasteiger partial charge in [0.2, 0.25) is 15.9 Å². The van der Waals surface area contributed by atoms with Crippen LogP contribution in [0.25, 0.3) is 0 Å². The smallest absolute Gasteiger partial charge is 0.310 e. The van der Waals surface area contributed by atoms with E-state index in [1.807, 2.05) is 0 Å². The van der Waals surface area contributed by atoms with E-state index in [2.05, 4.69) is 5.32 Å². The van der Waals surface area contributed by atoms with Crippen molar-refractivity contribution in [2.45, 2.75) is 25.2 Å². The Morgan fingerprint density at radius 1 is 1.03 bits per heavy atom. The maximum absolute atomic E-state index is 12.7. The number of hydrogen-bond donors (Lipinski definition) is 1. The maximum atomic E-state index is 12.7. The standard InChI is InChI=1S/C20H23ClN2O5S/c1-3-23(29(26,27)18-11-7-16(21)8-12-18)14-19(24)22-17-9-5-15(6-10-17)13-20(25)28-4-2/h5-12H,3-4,13-14H2,1-2H3,(H,22,24). The van der Waals surface area contributed by atoms with Gasteiger partial charge in [0.05, 0.1) is 24.5 Å². The van der Waals surface area contributed by atoms with Crippen molar-refractivity contribution in [3.05, 3.63) is 59.1 Å². The van der Waals surface area contributed by atoms with E-state index in [-0.39, 0.29) is 30.4 Å². The number of anilines is 1. The van der Waals surface area contributed by atoms with E-state index in [9.17, 15) is 18.0 Å². The average molecular weight is 439 g/mol. The lowest BCUT2D eigenvalue weighted by Gasteiger charge is -2.20. The lowest BCUT2D eigenvalue weighted by Crippen LogP contribution is -2.37. The second-order valence-corrected chi connectivity index (χ2v) is 8.49. The highest BCUT2D eigenvalue weighted by Gasteiger charge is 2.25. The number of sulfonamides is 1. The summed E-state index contributed by atoms with van der Waals surface area (Å²) in [6.45, 7) is 3.52. The van der Waals surface area contributed by atoms with Crippen molar-refractivity contribution < 1.29 is 22.7 Å². The molecule has 0 aliphatic carbocycles. The summed E-state index contributed by atoms with van der Waals surface area (Å²) in [5.74, 6) is -0.794. The van der Waals surface area contributed by atoms with Crippen LogP contribution in [0, 0.1) is 0 Å². The minimum Gasteiger partial charge on any atom is -0.466 e. The van der Waals surface area contributed by atoms with E-state index in [1.165, 1.54) is 24.3 Å². The van der Waals surface area contributed by atoms with E-state index in [0.29, 0.717) is 17.3 Å². The molecule has 1 N–H and O–H groups in total. The van der Waals surface area contributed by atoms with Crippen molar-refractivity contribution >= 4 is 39.2 Å². The summed E-state index contributed by atoms with van der Waals surface area (Å²) in [4.78, 5) is 23.9. The van der Waals surface area contributed by atoms with Crippen molar-refractivity contribution in [1.82, 2.24) is 4.31 Å². The third kappa shape index (κ3) is 6.56. The molecule has 0 heterocycles. The van der Waals surface area contributed by atoms with Crippen LogP contribution in [0.1, 0.15) is 19.4 Å². The molecule has 9 heteroatoms. The highest BCUT2D eigenvalue weighted by Crippen LogP contribution is 2.18. The molecule has 0 saturated carbocycles. The highest BCUT2D eigenvalue weighted by atomic mass is 35.5. The number of carbonyl (C=O) groups is 2. The first kappa shape index (κ1) is 22.9. The van der Waals surface area contributed by atoms with Crippen LogP contribution >= 0.6 is 11.6 Å². The third-order valence-electron chi connectivity index (χ3n) is 4.02. The molecular formula is C20H23ClN2O5S. The molecule has 0 atom stereocenters. The van der Waals surface area contributed by atoms with Gasteiger partial charge < -0.3 is 10.1 Å². The van der Waals surface area contributed by atoms with Crippen LogP contribution in [0.3, 0.4) is 0 Å². The van der Waals surface area contributed by atoms with E-state index >= 15 is 0 Å². The second-order valence-electron chi connectivity index (χ2n) is 6.11. The number of hydrogen-bond acceptors (Lipinski definition) is 5. The minimum absolute atomic E-state index is 0.0693. The van der Waals surface area contributed by atoms with E-state index in [0.717, 1.165) is 9.87 Å². The van der Waals surface area contributed by atoms with Crippen molar-refractivity contribution in [1.29, 1.82) is 0 Å². The topological polar surface area (TPSA) is 92.8 Å². The Labute approximate surface area is 175 Å². The number of nitrogens with one attached hydrogen (secondary N) is 1. The molecule has 2 aromatic carbocycles. The van der Waals surface area contributed by atoms with Crippen LogP contribution in [0.4, 0.5) is 5.69 Å². The lowest BCUT2D eigenvalue weighted by molar-refractivity contribution is -0.142. The summed E-state index contributed by atoms with van der Waals surface area (Å²) in [5, 5.41) is 3.09. The quantitative estimate of drug-likeness (QED) is 0.607. The minimum atomic E-state index is -3.82. The Balaban J connectivity index is 2.01. The predicted octanol–water partition coefficient (Wildman–Crippen LogP) is 3.09. The fourth-order valence-corrected chi connectivity index (χ4v) is 4.10. The van der Waals surface area contributed by atoms with E-state index in [1.54, 1.807) is 38.1 Å². The van der Waals surface area contributed by atoms with E-state index < -0.39 is 15.9 Å². The average Bonchev–Trinajstić information content (AvgIpc) is 2.68. The Kier molecular flexibility index (Phi) is 8.19. The number of halogens is 1. The van der Waals surface area contributed by atoms with Crippen LogP contribution in [0.5, 0.6) is 0 Å². The van der Waals surface area contributed by atoms with Crippen molar-refractivity contribution in [2.24, 2.45) is 0 Å². The van der Waals surface area contributed by atoms with Gasteiger partial charge in [0.25, 0.3) is 0 Å². The maximum Gasteiger partial charge on any atom is 0.310 e. The van der Waals surface area contributed by atoms with Crippen LogP contribution < -0.4 is 5.32 Å². The molecule has 0 spiro atoms. The molecule has 7 nitrogen and oxygen atoms in total. The normalized spacial score (nSPS) is 11.3. The van der Waals surface area contributed by atoms with Crippen LogP contribution in [-0.4, -0.2) is 44.3 Å². The van der Waals surface area contributed by atoms with Crippen molar-refractivity contribution in [2.75, 3.05) is 25.0 Å². The van der Waals surface area contributed by atoms with Crippen molar-refractivity contribution in [3.8, 4) is 0 Å². The highest BCUT2D eigenvalue weighted by molar-refractivity contribution is 7.89. The Morgan fingerprint density at radius 3 is 2.21 bits per heavy atom. The second kappa shape index (κ2) is 10.4. The fourth-order valence-electron chi connectivity index (χ4n) is 2.57. The van der Waals surface area contributed by atoms with Crippen LogP contribution in [0.2, 0.25) is 5.02 Å². The summed E-state index contributed by atoms with van der Waals surface area (Å²) in [7, 11) is -3.82. The number of ether oxygens (including phenoxy) is 1. The Morgan fingerprint density at radius 2 is 1.66 bits per heavy atom. The summed E-state index contributed by atoms with van der Waals surface area (Å²) < 4.78 is 31.4. The van der Waals surface area contributed by atoms with Gasteiger partial charge in [0.15, 0.2) is 0 Å². The van der Waals surface area contributed by atoms with Crippen molar-refractivity contribution in [3.63, 3.8) is 0 Å². The summed E-state index contributed by atoms with van der Waals surface area (Å²) >= 11 is 5.81. The Bertz CT molecular complexity index is 944. The van der Waals surface area contributed by atoms with Crippen LogP contribution in [0.15, 0.2) is 53.4 Å². The number of amides is 1. The molecule has 0 radical (unpaired) electrons. The van der Waals surface area contributed by atoms with Gasteiger partial charge >= 0.3 is 5.97 Å². The van der Waals surface area contributed by atoms with Gasteiger partial charge in [0, 0.05) is 17.3 Å². The SMILES string of the molecule is CCOC(=O)Cc1ccc(NC(=O)CN(CC)S(=O)(=O)c2ccc(Cl)cc2)cc1. The first-order valence-corrected chi connectivity index (χ1v) is 10.9. The summed E-state index contributed by atoms with van der Waals surface area (Å²) in [6, 6.07) is 12.5. The van der Waals surface area contributed by atoms with Gasteiger partial charge in [-0.2, -0.15) is 4.31 Å². The molecule has 0 aliphatic rings.